The number of nitrogens with zero attached hydrogens (tertiary/aromatic N) is 1. The van der Waals surface area contributed by atoms with E-state index in [0.29, 0.717) is 5.56 Å². The Morgan fingerprint density at radius 3 is 2.45 bits per heavy atom. The number of esters is 1. The third-order valence-corrected chi connectivity index (χ3v) is 4.02. The van der Waals surface area contributed by atoms with E-state index in [2.05, 4.69) is 5.32 Å². The maximum atomic E-state index is 12.3. The van der Waals surface area contributed by atoms with Crippen molar-refractivity contribution < 1.29 is 14.3 Å². The lowest BCUT2D eigenvalue weighted by atomic mass is 10.3. The number of aryl methyl sites for hydroxylation is 2. The van der Waals surface area contributed by atoms with E-state index in [1.807, 2.05) is 35.9 Å². The van der Waals surface area contributed by atoms with Gasteiger partial charge in [0.2, 0.25) is 0 Å². The number of carbonyl (C=O) groups excluding carboxylic acids is 2. The van der Waals surface area contributed by atoms with Crippen molar-refractivity contribution in [3.63, 3.8) is 0 Å². The van der Waals surface area contributed by atoms with Gasteiger partial charge in [0.05, 0.1) is 11.7 Å². The summed E-state index contributed by atoms with van der Waals surface area (Å²) in [4.78, 5) is 23.8. The van der Waals surface area contributed by atoms with Gasteiger partial charge in [-0.05, 0) is 51.3 Å². The van der Waals surface area contributed by atoms with Crippen molar-refractivity contribution in [1.29, 1.82) is 0 Å². The molecule has 0 unspecified atom stereocenters. The van der Waals surface area contributed by atoms with Crippen LogP contribution in [0.1, 0.15) is 35.6 Å². The highest BCUT2D eigenvalue weighted by Gasteiger charge is 2.17. The predicted octanol–water partition coefficient (Wildman–Crippen LogP) is 2.84. The summed E-state index contributed by atoms with van der Waals surface area (Å²) in [5, 5.41) is 5.34. The van der Waals surface area contributed by atoms with Crippen molar-refractivity contribution in [3.05, 3.63) is 40.5 Å². The van der Waals surface area contributed by atoms with E-state index < -0.39 is 5.97 Å². The number of rotatable bonds is 5. The SMILES string of the molecule is Cc1ccc(C)n1-c1sccc1C(=O)NCC(=O)OC(C)C. The molecule has 0 aromatic carbocycles. The van der Waals surface area contributed by atoms with Gasteiger partial charge < -0.3 is 14.6 Å². The van der Waals surface area contributed by atoms with Crippen LogP contribution in [0, 0.1) is 13.8 Å². The summed E-state index contributed by atoms with van der Waals surface area (Å²) >= 11 is 1.49. The lowest BCUT2D eigenvalue weighted by Crippen LogP contribution is -2.32. The number of carbonyl (C=O) groups is 2. The molecule has 0 aliphatic rings. The molecular formula is C16H20N2O3S. The normalized spacial score (nSPS) is 10.8. The van der Waals surface area contributed by atoms with Gasteiger partial charge >= 0.3 is 5.97 Å². The van der Waals surface area contributed by atoms with Crippen LogP contribution in [0.5, 0.6) is 0 Å². The molecule has 22 heavy (non-hydrogen) atoms. The molecule has 0 atom stereocenters. The van der Waals surface area contributed by atoms with Crippen LogP contribution in [0.15, 0.2) is 23.6 Å². The van der Waals surface area contributed by atoms with Crippen LogP contribution in [-0.2, 0) is 9.53 Å². The maximum absolute atomic E-state index is 12.3. The van der Waals surface area contributed by atoms with Crippen LogP contribution >= 0.6 is 11.3 Å². The van der Waals surface area contributed by atoms with Gasteiger partial charge in [-0.25, -0.2) is 0 Å². The summed E-state index contributed by atoms with van der Waals surface area (Å²) < 4.78 is 7.04. The minimum atomic E-state index is -0.437. The maximum Gasteiger partial charge on any atom is 0.325 e. The molecule has 0 aliphatic carbocycles. The molecule has 118 valence electrons. The van der Waals surface area contributed by atoms with Crippen molar-refractivity contribution in [2.45, 2.75) is 33.8 Å². The van der Waals surface area contributed by atoms with Crippen molar-refractivity contribution >= 4 is 23.2 Å². The van der Waals surface area contributed by atoms with Crippen LogP contribution < -0.4 is 5.32 Å². The number of hydrogen-bond donors (Lipinski definition) is 1. The third kappa shape index (κ3) is 3.57. The lowest BCUT2D eigenvalue weighted by Gasteiger charge is -2.11. The largest absolute Gasteiger partial charge is 0.462 e. The zero-order valence-corrected chi connectivity index (χ0v) is 14.0. The average Bonchev–Trinajstić information content (AvgIpc) is 3.02. The molecule has 5 nitrogen and oxygen atoms in total. The number of amides is 1. The summed E-state index contributed by atoms with van der Waals surface area (Å²) in [6, 6.07) is 5.79. The van der Waals surface area contributed by atoms with Crippen LogP contribution in [-0.4, -0.2) is 29.1 Å². The number of ether oxygens (including phenoxy) is 1. The molecule has 0 saturated heterocycles. The van der Waals surface area contributed by atoms with Gasteiger partial charge in [0, 0.05) is 11.4 Å². The number of hydrogen-bond acceptors (Lipinski definition) is 4. The third-order valence-electron chi connectivity index (χ3n) is 3.12. The zero-order chi connectivity index (χ0) is 16.3. The van der Waals surface area contributed by atoms with E-state index in [1.165, 1.54) is 11.3 Å². The average molecular weight is 320 g/mol. The molecule has 0 spiro atoms. The summed E-state index contributed by atoms with van der Waals surface area (Å²) in [5.41, 5.74) is 2.69. The van der Waals surface area contributed by atoms with E-state index in [-0.39, 0.29) is 18.6 Å². The Labute approximate surface area is 133 Å². The Balaban J connectivity index is 2.13. The number of nitrogens with one attached hydrogen (secondary N) is 1. The Morgan fingerprint density at radius 2 is 1.86 bits per heavy atom. The van der Waals surface area contributed by atoms with E-state index >= 15 is 0 Å². The van der Waals surface area contributed by atoms with E-state index in [1.54, 1.807) is 19.9 Å². The molecule has 0 saturated carbocycles. The second-order valence-electron chi connectivity index (χ2n) is 5.31. The summed E-state index contributed by atoms with van der Waals surface area (Å²) in [6.07, 6.45) is -0.189. The molecule has 2 rings (SSSR count). The standard InChI is InChI=1S/C16H20N2O3S/c1-10(2)21-14(19)9-17-15(20)13-7-8-22-16(13)18-11(3)5-6-12(18)4/h5-8,10H,9H2,1-4H3,(H,17,20). The van der Waals surface area contributed by atoms with Crippen molar-refractivity contribution in [1.82, 2.24) is 9.88 Å². The molecule has 1 amide bonds. The van der Waals surface area contributed by atoms with Crippen LogP contribution in [0.4, 0.5) is 0 Å². The van der Waals surface area contributed by atoms with E-state index in [0.717, 1.165) is 16.4 Å². The Hall–Kier alpha value is -2.08. The molecule has 2 heterocycles. The van der Waals surface area contributed by atoms with E-state index in [4.69, 9.17) is 4.74 Å². The lowest BCUT2D eigenvalue weighted by molar-refractivity contribution is -0.146. The van der Waals surface area contributed by atoms with Crippen molar-refractivity contribution in [2.24, 2.45) is 0 Å². The minimum absolute atomic E-state index is 0.129. The second-order valence-corrected chi connectivity index (χ2v) is 6.21. The first-order chi connectivity index (χ1) is 10.4. The highest BCUT2D eigenvalue weighted by molar-refractivity contribution is 7.13. The second kappa shape index (κ2) is 6.79. The van der Waals surface area contributed by atoms with Gasteiger partial charge in [-0.1, -0.05) is 0 Å². The topological polar surface area (TPSA) is 60.3 Å². The molecule has 1 N–H and O–H groups in total. The Kier molecular flexibility index (Phi) is 5.03. The molecule has 0 aliphatic heterocycles. The highest BCUT2D eigenvalue weighted by Crippen LogP contribution is 2.25. The van der Waals surface area contributed by atoms with Gasteiger partial charge in [0.1, 0.15) is 11.5 Å². The quantitative estimate of drug-likeness (QED) is 0.862. The Morgan fingerprint density at radius 1 is 1.23 bits per heavy atom. The molecule has 2 aromatic rings. The molecule has 0 bridgehead atoms. The van der Waals surface area contributed by atoms with Crippen LogP contribution in [0.25, 0.3) is 5.00 Å². The van der Waals surface area contributed by atoms with Gasteiger partial charge in [-0.2, -0.15) is 0 Å². The van der Waals surface area contributed by atoms with Crippen molar-refractivity contribution in [3.8, 4) is 5.00 Å². The zero-order valence-electron chi connectivity index (χ0n) is 13.2. The summed E-state index contributed by atoms with van der Waals surface area (Å²) in [6.45, 7) is 7.40. The molecule has 2 aromatic heterocycles. The first-order valence-corrected chi connectivity index (χ1v) is 7.98. The fourth-order valence-corrected chi connectivity index (χ4v) is 3.20. The molecular weight excluding hydrogens is 300 g/mol. The van der Waals surface area contributed by atoms with Crippen LogP contribution in [0.2, 0.25) is 0 Å². The fraction of sp³-hybridized carbons (Fsp3) is 0.375. The van der Waals surface area contributed by atoms with Gasteiger partial charge in [-0.3, -0.25) is 9.59 Å². The summed E-state index contributed by atoms with van der Waals surface area (Å²) in [7, 11) is 0. The minimum Gasteiger partial charge on any atom is -0.462 e. The smallest absolute Gasteiger partial charge is 0.325 e. The molecule has 0 radical (unpaired) electrons. The number of aromatic nitrogens is 1. The van der Waals surface area contributed by atoms with E-state index in [9.17, 15) is 9.59 Å². The Bertz CT molecular complexity index is 666. The first kappa shape index (κ1) is 16.3. The van der Waals surface area contributed by atoms with Gasteiger partial charge in [0.15, 0.2) is 0 Å². The number of thiophene rings is 1. The van der Waals surface area contributed by atoms with Gasteiger partial charge in [0.25, 0.3) is 5.91 Å². The molecule has 0 fully saturated rings. The summed E-state index contributed by atoms with van der Waals surface area (Å²) in [5.74, 6) is -0.710. The first-order valence-electron chi connectivity index (χ1n) is 7.10. The molecule has 6 heteroatoms. The van der Waals surface area contributed by atoms with Crippen LogP contribution in [0.3, 0.4) is 0 Å². The fourth-order valence-electron chi connectivity index (χ4n) is 2.19. The van der Waals surface area contributed by atoms with Gasteiger partial charge in [-0.15, -0.1) is 11.3 Å². The van der Waals surface area contributed by atoms with Crippen molar-refractivity contribution in [2.75, 3.05) is 6.54 Å². The highest BCUT2D eigenvalue weighted by atomic mass is 32.1. The predicted molar refractivity (Wildman–Crippen MR) is 86.7 cm³/mol. The monoisotopic (exact) mass is 320 g/mol.